The van der Waals surface area contributed by atoms with Gasteiger partial charge in [0.1, 0.15) is 0 Å². The van der Waals surface area contributed by atoms with E-state index in [9.17, 15) is 24.9 Å². The van der Waals surface area contributed by atoms with Gasteiger partial charge in [0.25, 0.3) is 0 Å². The van der Waals surface area contributed by atoms with Crippen LogP contribution in [0.2, 0.25) is 0 Å². The van der Waals surface area contributed by atoms with E-state index in [0.29, 0.717) is 12.3 Å². The van der Waals surface area contributed by atoms with E-state index < -0.39 is 28.9 Å². The van der Waals surface area contributed by atoms with Crippen LogP contribution in [0.3, 0.4) is 0 Å². The van der Waals surface area contributed by atoms with Gasteiger partial charge in [-0.2, -0.15) is 0 Å². The number of rotatable bonds is 2. The second-order valence-electron chi connectivity index (χ2n) is 14.8. The summed E-state index contributed by atoms with van der Waals surface area (Å²) < 4.78 is 0. The number of carboxylic acids is 2. The van der Waals surface area contributed by atoms with Crippen LogP contribution in [0.5, 0.6) is 0 Å². The largest absolute Gasteiger partial charge is 0.481 e. The highest BCUT2D eigenvalue weighted by molar-refractivity contribution is 5.77. The van der Waals surface area contributed by atoms with Crippen molar-refractivity contribution in [1.29, 1.82) is 0 Å². The molecule has 4 fully saturated rings. The summed E-state index contributed by atoms with van der Waals surface area (Å²) in [6.45, 7) is 13.5. The average Bonchev–Trinajstić information content (AvgIpc) is 2.76. The predicted octanol–water partition coefficient (Wildman–Crippen LogP) is 6.30. The summed E-state index contributed by atoms with van der Waals surface area (Å²) in [6, 6.07) is 0. The van der Waals surface area contributed by atoms with Crippen molar-refractivity contribution in [3.05, 3.63) is 11.6 Å². The molecule has 0 aliphatic heterocycles. The van der Waals surface area contributed by atoms with E-state index >= 15 is 0 Å². The van der Waals surface area contributed by atoms with E-state index in [4.69, 9.17) is 0 Å². The van der Waals surface area contributed by atoms with Gasteiger partial charge in [0.05, 0.1) is 16.9 Å². The van der Waals surface area contributed by atoms with Gasteiger partial charge in [-0.1, -0.05) is 46.3 Å². The maximum Gasteiger partial charge on any atom is 0.312 e. The Balaban J connectivity index is 1.60. The number of carbonyl (C=O) groups is 2. The van der Waals surface area contributed by atoms with Gasteiger partial charge in [0, 0.05) is 0 Å². The number of allylic oxidation sites excluding steroid dienone is 2. The molecule has 0 bridgehead atoms. The fourth-order valence-corrected chi connectivity index (χ4v) is 10.6. The van der Waals surface area contributed by atoms with Gasteiger partial charge in [-0.05, 0) is 111 Å². The number of carboxylic acid groups (broad SMARTS) is 2. The van der Waals surface area contributed by atoms with Crippen LogP contribution in [0.1, 0.15) is 106 Å². The van der Waals surface area contributed by atoms with E-state index in [2.05, 4.69) is 40.7 Å². The molecule has 3 N–H and O–H groups in total. The summed E-state index contributed by atoms with van der Waals surface area (Å²) in [5, 5.41) is 31.6. The van der Waals surface area contributed by atoms with Crippen LogP contribution in [-0.2, 0) is 9.59 Å². The first-order valence-corrected chi connectivity index (χ1v) is 13.9. The quantitative estimate of drug-likeness (QED) is 0.398. The third-order valence-electron chi connectivity index (χ3n) is 13.2. The van der Waals surface area contributed by atoms with Gasteiger partial charge in [-0.25, -0.2) is 0 Å². The Bertz CT molecular complexity index is 983. The highest BCUT2D eigenvalue weighted by Gasteiger charge is 2.70. The van der Waals surface area contributed by atoms with Crippen molar-refractivity contribution in [3.8, 4) is 0 Å². The van der Waals surface area contributed by atoms with Gasteiger partial charge >= 0.3 is 11.9 Å². The average molecular weight is 487 g/mol. The van der Waals surface area contributed by atoms with Gasteiger partial charge in [-0.3, -0.25) is 9.59 Å². The van der Waals surface area contributed by atoms with E-state index in [-0.39, 0.29) is 33.5 Å². The van der Waals surface area contributed by atoms with Crippen LogP contribution < -0.4 is 0 Å². The van der Waals surface area contributed by atoms with Crippen LogP contribution in [-0.4, -0.2) is 33.4 Å². The number of hydrogen-bond donors (Lipinski definition) is 3. The maximum atomic E-state index is 12.8. The molecule has 5 rings (SSSR count). The first kappa shape index (κ1) is 25.3. The predicted molar refractivity (Wildman–Crippen MR) is 135 cm³/mol. The molecular formula is C30H46O5. The molecule has 0 saturated heterocycles. The molecule has 0 aromatic heterocycles. The lowest BCUT2D eigenvalue weighted by atomic mass is 9.33. The first-order chi connectivity index (χ1) is 16.1. The second kappa shape index (κ2) is 7.36. The minimum Gasteiger partial charge on any atom is -0.481 e. The molecule has 5 aliphatic rings. The molecule has 5 heteroatoms. The molecule has 0 aromatic rings. The molecule has 0 aromatic carbocycles. The molecular weight excluding hydrogens is 440 g/mol. The van der Waals surface area contributed by atoms with Crippen molar-refractivity contribution in [1.82, 2.24) is 0 Å². The molecule has 0 spiro atoms. The van der Waals surface area contributed by atoms with Crippen LogP contribution in [0.4, 0.5) is 0 Å². The summed E-state index contributed by atoms with van der Waals surface area (Å²) in [5.41, 5.74) is -0.437. The normalized spacial score (nSPS) is 52.7. The van der Waals surface area contributed by atoms with Gasteiger partial charge in [0.2, 0.25) is 0 Å². The molecule has 9 atom stereocenters. The van der Waals surface area contributed by atoms with Gasteiger partial charge < -0.3 is 15.3 Å². The third-order valence-corrected chi connectivity index (χ3v) is 13.2. The number of hydrogen-bond acceptors (Lipinski definition) is 3. The molecule has 35 heavy (non-hydrogen) atoms. The Kier molecular flexibility index (Phi) is 5.32. The molecule has 0 heterocycles. The number of aliphatic carboxylic acids is 2. The SMILES string of the molecule is CC1(C)CC[C@]2(C(=O)O)CC[C@]3(C)C(=CC[C@@H]4[C@@]5(C)CC[C@H](O)[C@](C)(C(=O)O)[C@@H]5CC[C@]43C)[C@H]2C1. The zero-order valence-electron chi connectivity index (χ0n) is 22.6. The van der Waals surface area contributed by atoms with E-state index in [1.807, 2.05) is 0 Å². The summed E-state index contributed by atoms with van der Waals surface area (Å²) in [6.07, 6.45) is 9.97. The number of fused-ring (bicyclic) bond motifs is 7. The van der Waals surface area contributed by atoms with Crippen LogP contribution in [0.25, 0.3) is 0 Å². The molecule has 4 saturated carbocycles. The van der Waals surface area contributed by atoms with E-state index in [1.165, 1.54) is 5.57 Å². The topological polar surface area (TPSA) is 94.8 Å². The van der Waals surface area contributed by atoms with Gasteiger partial charge in [-0.15, -0.1) is 0 Å². The van der Waals surface area contributed by atoms with Crippen molar-refractivity contribution in [2.24, 2.45) is 50.2 Å². The zero-order chi connectivity index (χ0) is 25.8. The molecule has 0 radical (unpaired) electrons. The fraction of sp³-hybridized carbons (Fsp3) is 0.867. The van der Waals surface area contributed by atoms with Crippen LogP contribution in [0.15, 0.2) is 11.6 Å². The van der Waals surface area contributed by atoms with Crippen molar-refractivity contribution in [2.45, 2.75) is 112 Å². The van der Waals surface area contributed by atoms with Crippen molar-refractivity contribution < 1.29 is 24.9 Å². The second-order valence-corrected chi connectivity index (χ2v) is 14.8. The van der Waals surface area contributed by atoms with Crippen molar-refractivity contribution in [2.75, 3.05) is 0 Å². The Morgan fingerprint density at radius 1 is 0.829 bits per heavy atom. The highest BCUT2D eigenvalue weighted by Crippen LogP contribution is 2.75. The van der Waals surface area contributed by atoms with E-state index in [0.717, 1.165) is 57.8 Å². The number of aliphatic hydroxyl groups excluding tert-OH is 1. The Morgan fingerprint density at radius 2 is 1.49 bits per heavy atom. The Hall–Kier alpha value is -1.36. The summed E-state index contributed by atoms with van der Waals surface area (Å²) in [7, 11) is 0. The van der Waals surface area contributed by atoms with Crippen molar-refractivity contribution >= 4 is 11.9 Å². The van der Waals surface area contributed by atoms with Crippen LogP contribution >= 0.6 is 0 Å². The molecule has 0 amide bonds. The summed E-state index contributed by atoms with van der Waals surface area (Å²) in [5.74, 6) is -1.10. The van der Waals surface area contributed by atoms with Gasteiger partial charge in [0.15, 0.2) is 0 Å². The molecule has 0 unspecified atom stereocenters. The standard InChI is InChI=1S/C30H46O5/c1-25(2)13-15-30(24(34)35)16-14-27(4)18(19(30)17-25)7-8-20-26(3)11-10-22(31)29(6,23(32)33)21(26)9-12-28(20,27)5/h7,19-22,31H,8-17H2,1-6H3,(H,32,33)(H,34,35)/t19-,20-,21-,22+,26-,27-,28-,29-,30+/m1/s1. The minimum absolute atomic E-state index is 0.00368. The van der Waals surface area contributed by atoms with Crippen LogP contribution in [0, 0.1) is 50.2 Å². The minimum atomic E-state index is -1.11. The Morgan fingerprint density at radius 3 is 2.11 bits per heavy atom. The van der Waals surface area contributed by atoms with Crippen molar-refractivity contribution in [3.63, 3.8) is 0 Å². The summed E-state index contributed by atoms with van der Waals surface area (Å²) in [4.78, 5) is 25.3. The Labute approximate surface area is 210 Å². The third kappa shape index (κ3) is 2.97. The molecule has 5 nitrogen and oxygen atoms in total. The first-order valence-electron chi connectivity index (χ1n) is 13.9. The molecule has 196 valence electrons. The maximum absolute atomic E-state index is 12.8. The smallest absolute Gasteiger partial charge is 0.312 e. The summed E-state index contributed by atoms with van der Waals surface area (Å²) >= 11 is 0. The monoisotopic (exact) mass is 486 g/mol. The molecule has 5 aliphatic carbocycles. The lowest BCUT2D eigenvalue weighted by Gasteiger charge is -2.70. The lowest BCUT2D eigenvalue weighted by molar-refractivity contribution is -0.217. The van der Waals surface area contributed by atoms with E-state index in [1.54, 1.807) is 6.92 Å². The zero-order valence-corrected chi connectivity index (χ0v) is 22.6. The highest BCUT2D eigenvalue weighted by atomic mass is 16.4. The lowest BCUT2D eigenvalue weighted by Crippen LogP contribution is -2.66. The fourth-order valence-electron chi connectivity index (χ4n) is 10.6. The number of aliphatic hydroxyl groups is 1.